The van der Waals surface area contributed by atoms with Crippen LogP contribution in [0.2, 0.25) is 0 Å². The normalized spacial score (nSPS) is 15.0. The van der Waals surface area contributed by atoms with Gasteiger partial charge in [0.25, 0.3) is 0 Å². The van der Waals surface area contributed by atoms with Crippen LogP contribution in [-0.2, 0) is 4.74 Å². The highest BCUT2D eigenvalue weighted by atomic mass is 32.1. The Morgan fingerprint density at radius 1 is 1.21 bits per heavy atom. The number of cyclic esters (lactones) is 2. The highest BCUT2D eigenvalue weighted by molar-refractivity contribution is 7.13. The van der Waals surface area contributed by atoms with Gasteiger partial charge in [-0.2, -0.15) is 0 Å². The van der Waals surface area contributed by atoms with E-state index >= 15 is 0 Å². The fourth-order valence-corrected chi connectivity index (χ4v) is 2.58. The van der Waals surface area contributed by atoms with Crippen molar-refractivity contribution < 1.29 is 14.3 Å². The van der Waals surface area contributed by atoms with Gasteiger partial charge in [0, 0.05) is 9.75 Å². The number of carbonyl (C=O) groups is 2. The zero-order valence-corrected chi connectivity index (χ0v) is 8.60. The fourth-order valence-electron chi connectivity index (χ4n) is 1.47. The molecule has 2 heterocycles. The molecule has 72 valence electrons. The SMILES string of the molecule is C/C=C/c1sc(C)c2c1C(=O)OC2=O. The van der Waals surface area contributed by atoms with E-state index in [0.717, 1.165) is 9.75 Å². The number of esters is 2. The molecule has 1 aliphatic rings. The first-order chi connectivity index (χ1) is 6.65. The molecule has 0 aromatic carbocycles. The highest BCUT2D eigenvalue weighted by Gasteiger charge is 2.35. The van der Waals surface area contributed by atoms with Gasteiger partial charge in [0.15, 0.2) is 0 Å². The quantitative estimate of drug-likeness (QED) is 0.525. The van der Waals surface area contributed by atoms with Crippen molar-refractivity contribution in [2.24, 2.45) is 0 Å². The number of rotatable bonds is 1. The summed E-state index contributed by atoms with van der Waals surface area (Å²) in [6, 6.07) is 0. The number of allylic oxidation sites excluding steroid dienone is 1. The van der Waals surface area contributed by atoms with Crippen LogP contribution >= 0.6 is 11.3 Å². The summed E-state index contributed by atoms with van der Waals surface area (Å²) in [7, 11) is 0. The monoisotopic (exact) mass is 208 g/mol. The first-order valence-electron chi connectivity index (χ1n) is 4.17. The second-order valence-electron chi connectivity index (χ2n) is 2.95. The topological polar surface area (TPSA) is 43.4 Å². The molecule has 0 amide bonds. The predicted molar refractivity (Wildman–Crippen MR) is 53.5 cm³/mol. The van der Waals surface area contributed by atoms with Crippen molar-refractivity contribution in [3.63, 3.8) is 0 Å². The van der Waals surface area contributed by atoms with Crippen LogP contribution < -0.4 is 0 Å². The van der Waals surface area contributed by atoms with Crippen LogP contribution in [0.15, 0.2) is 6.08 Å². The van der Waals surface area contributed by atoms with Gasteiger partial charge in [-0.05, 0) is 19.9 Å². The summed E-state index contributed by atoms with van der Waals surface area (Å²) < 4.78 is 4.53. The summed E-state index contributed by atoms with van der Waals surface area (Å²) in [5, 5.41) is 0. The number of ether oxygens (including phenoxy) is 1. The maximum atomic E-state index is 11.3. The van der Waals surface area contributed by atoms with Gasteiger partial charge in [-0.3, -0.25) is 0 Å². The Kier molecular flexibility index (Phi) is 2.00. The molecule has 0 N–H and O–H groups in total. The number of hydrogen-bond donors (Lipinski definition) is 0. The maximum Gasteiger partial charge on any atom is 0.348 e. The van der Waals surface area contributed by atoms with Gasteiger partial charge in [-0.1, -0.05) is 6.08 Å². The van der Waals surface area contributed by atoms with E-state index in [1.807, 2.05) is 26.0 Å². The first kappa shape index (κ1) is 9.15. The number of fused-ring (bicyclic) bond motifs is 1. The van der Waals surface area contributed by atoms with E-state index in [0.29, 0.717) is 11.1 Å². The third kappa shape index (κ3) is 1.11. The van der Waals surface area contributed by atoms with Crippen molar-refractivity contribution in [1.29, 1.82) is 0 Å². The minimum Gasteiger partial charge on any atom is -0.386 e. The van der Waals surface area contributed by atoms with E-state index in [4.69, 9.17) is 0 Å². The van der Waals surface area contributed by atoms with Gasteiger partial charge < -0.3 is 4.74 Å². The summed E-state index contributed by atoms with van der Waals surface area (Å²) in [4.78, 5) is 24.2. The predicted octanol–water partition coefficient (Wildman–Crippen LogP) is 2.40. The van der Waals surface area contributed by atoms with Crippen molar-refractivity contribution >= 4 is 29.4 Å². The average Bonchev–Trinajstić information content (AvgIpc) is 2.56. The number of thiophene rings is 1. The summed E-state index contributed by atoms with van der Waals surface area (Å²) >= 11 is 1.44. The second-order valence-corrected chi connectivity index (χ2v) is 4.21. The molecule has 0 aliphatic carbocycles. The largest absolute Gasteiger partial charge is 0.386 e. The van der Waals surface area contributed by atoms with Crippen LogP contribution in [0.25, 0.3) is 6.08 Å². The molecule has 1 aliphatic heterocycles. The Morgan fingerprint density at radius 2 is 1.86 bits per heavy atom. The van der Waals surface area contributed by atoms with Crippen molar-refractivity contribution in [2.45, 2.75) is 13.8 Å². The van der Waals surface area contributed by atoms with Crippen LogP contribution in [0.1, 0.15) is 37.4 Å². The summed E-state index contributed by atoms with van der Waals surface area (Å²) in [6.07, 6.45) is 3.65. The Bertz CT molecular complexity index is 454. The van der Waals surface area contributed by atoms with E-state index in [1.165, 1.54) is 11.3 Å². The lowest BCUT2D eigenvalue weighted by Crippen LogP contribution is -1.99. The average molecular weight is 208 g/mol. The Labute approximate surface area is 85.0 Å². The summed E-state index contributed by atoms with van der Waals surface area (Å²) in [5.41, 5.74) is 0.865. The molecule has 1 aromatic rings. The molecule has 0 saturated heterocycles. The number of aryl methyl sites for hydroxylation is 1. The number of carbonyl (C=O) groups excluding carboxylic acids is 2. The van der Waals surface area contributed by atoms with Gasteiger partial charge in [0.2, 0.25) is 0 Å². The van der Waals surface area contributed by atoms with Gasteiger partial charge >= 0.3 is 11.9 Å². The molecule has 0 unspecified atom stereocenters. The van der Waals surface area contributed by atoms with Crippen molar-refractivity contribution in [2.75, 3.05) is 0 Å². The van der Waals surface area contributed by atoms with Crippen molar-refractivity contribution in [3.8, 4) is 0 Å². The lowest BCUT2D eigenvalue weighted by molar-refractivity contribution is 0.0443. The minimum atomic E-state index is -0.526. The molecule has 0 radical (unpaired) electrons. The molecule has 2 rings (SSSR count). The van der Waals surface area contributed by atoms with Crippen LogP contribution in [0, 0.1) is 6.92 Å². The smallest absolute Gasteiger partial charge is 0.348 e. The molecule has 4 heteroatoms. The van der Waals surface area contributed by atoms with Crippen LogP contribution in [0.4, 0.5) is 0 Å². The Hall–Kier alpha value is -1.42. The van der Waals surface area contributed by atoms with Gasteiger partial charge in [-0.15, -0.1) is 11.3 Å². The molecular weight excluding hydrogens is 200 g/mol. The molecular formula is C10H8O3S. The fraction of sp³-hybridized carbons (Fsp3) is 0.200. The van der Waals surface area contributed by atoms with Gasteiger partial charge in [0.1, 0.15) is 0 Å². The number of hydrogen-bond acceptors (Lipinski definition) is 4. The molecule has 0 saturated carbocycles. The zero-order valence-electron chi connectivity index (χ0n) is 7.79. The Balaban J connectivity index is 2.69. The highest BCUT2D eigenvalue weighted by Crippen LogP contribution is 2.34. The van der Waals surface area contributed by atoms with E-state index in [1.54, 1.807) is 0 Å². The van der Waals surface area contributed by atoms with E-state index in [9.17, 15) is 9.59 Å². The molecule has 0 spiro atoms. The van der Waals surface area contributed by atoms with E-state index in [2.05, 4.69) is 4.74 Å². The molecule has 0 atom stereocenters. The second kappa shape index (κ2) is 3.06. The summed E-state index contributed by atoms with van der Waals surface area (Å²) in [5.74, 6) is -1.04. The molecule has 14 heavy (non-hydrogen) atoms. The van der Waals surface area contributed by atoms with Crippen molar-refractivity contribution in [1.82, 2.24) is 0 Å². The lowest BCUT2D eigenvalue weighted by Gasteiger charge is -1.90. The lowest BCUT2D eigenvalue weighted by atomic mass is 10.1. The minimum absolute atomic E-state index is 0.426. The van der Waals surface area contributed by atoms with Crippen LogP contribution in [0.3, 0.4) is 0 Å². The van der Waals surface area contributed by atoms with Crippen molar-refractivity contribution in [3.05, 3.63) is 27.0 Å². The summed E-state index contributed by atoms with van der Waals surface area (Å²) in [6.45, 7) is 3.68. The molecule has 0 fully saturated rings. The third-order valence-electron chi connectivity index (χ3n) is 2.02. The van der Waals surface area contributed by atoms with E-state index in [-0.39, 0.29) is 0 Å². The third-order valence-corrected chi connectivity index (χ3v) is 3.09. The first-order valence-corrected chi connectivity index (χ1v) is 4.99. The van der Waals surface area contributed by atoms with Crippen LogP contribution in [-0.4, -0.2) is 11.9 Å². The Morgan fingerprint density at radius 3 is 2.50 bits per heavy atom. The van der Waals surface area contributed by atoms with Gasteiger partial charge in [0.05, 0.1) is 11.1 Å². The zero-order chi connectivity index (χ0) is 10.3. The standard InChI is InChI=1S/C10H8O3S/c1-3-4-6-8-7(5(2)14-6)9(11)13-10(8)12/h3-4H,1-2H3/b4-3+. The maximum absolute atomic E-state index is 11.3. The van der Waals surface area contributed by atoms with Crippen LogP contribution in [0.5, 0.6) is 0 Å². The molecule has 1 aromatic heterocycles. The van der Waals surface area contributed by atoms with E-state index < -0.39 is 11.9 Å². The van der Waals surface area contributed by atoms with Gasteiger partial charge in [-0.25, -0.2) is 9.59 Å². The molecule has 0 bridgehead atoms. The molecule has 3 nitrogen and oxygen atoms in total.